The maximum atomic E-state index is 4.63. The van der Waals surface area contributed by atoms with E-state index in [2.05, 4.69) is 68.3 Å². The number of hydrogen-bond acceptors (Lipinski definition) is 5. The number of aromatic nitrogens is 1. The van der Waals surface area contributed by atoms with Crippen LogP contribution in [0.3, 0.4) is 0 Å². The zero-order valence-electron chi connectivity index (χ0n) is 15.9. The Balaban J connectivity index is 1.52. The van der Waals surface area contributed by atoms with E-state index >= 15 is 0 Å². The summed E-state index contributed by atoms with van der Waals surface area (Å²) in [6.07, 6.45) is 1.97. The lowest BCUT2D eigenvalue weighted by Crippen LogP contribution is -2.41. The van der Waals surface area contributed by atoms with Crippen molar-refractivity contribution in [3.63, 3.8) is 0 Å². The third-order valence-corrected chi connectivity index (χ3v) is 5.23. The quantitative estimate of drug-likeness (QED) is 0.608. The Bertz CT molecular complexity index is 867. The van der Waals surface area contributed by atoms with Gasteiger partial charge in [-0.15, -0.1) is 0 Å². The van der Waals surface area contributed by atoms with Gasteiger partial charge in [0.2, 0.25) is 0 Å². The van der Waals surface area contributed by atoms with Crippen LogP contribution in [0.4, 0.5) is 0 Å². The molecule has 3 N–H and O–H groups in total. The largest absolute Gasteiger partial charge is 0.314 e. The summed E-state index contributed by atoms with van der Waals surface area (Å²) in [6.45, 7) is 9.28. The molecule has 142 valence electrons. The van der Waals surface area contributed by atoms with E-state index in [0.29, 0.717) is 0 Å². The van der Waals surface area contributed by atoms with Crippen molar-refractivity contribution in [3.05, 3.63) is 54.2 Å². The molecule has 0 aliphatic carbocycles. The molecule has 0 bridgehead atoms. The number of nitrogens with one attached hydrogen (secondary N) is 3. The maximum Gasteiger partial charge on any atom is 0.0708 e. The van der Waals surface area contributed by atoms with Crippen LogP contribution < -0.4 is 16.0 Å². The van der Waals surface area contributed by atoms with Crippen LogP contribution in [0.5, 0.6) is 0 Å². The molecule has 3 aromatic rings. The second-order valence-electron chi connectivity index (χ2n) is 7.22. The minimum absolute atomic E-state index is 0.973. The van der Waals surface area contributed by atoms with E-state index in [1.165, 1.54) is 21.7 Å². The summed E-state index contributed by atoms with van der Waals surface area (Å²) in [5.74, 6) is 0. The highest BCUT2D eigenvalue weighted by Crippen LogP contribution is 2.24. The van der Waals surface area contributed by atoms with Crippen LogP contribution >= 0.6 is 0 Å². The van der Waals surface area contributed by atoms with Crippen LogP contribution in [-0.4, -0.2) is 62.2 Å². The molecule has 1 aliphatic rings. The van der Waals surface area contributed by atoms with Gasteiger partial charge in [-0.3, -0.25) is 9.88 Å². The molecule has 0 amide bonds. The Labute approximate surface area is 161 Å². The number of nitrogens with zero attached hydrogens (tertiary/aromatic N) is 2. The van der Waals surface area contributed by atoms with Gasteiger partial charge >= 0.3 is 0 Å². The summed E-state index contributed by atoms with van der Waals surface area (Å²) < 4.78 is 0. The molecule has 5 nitrogen and oxygen atoms in total. The van der Waals surface area contributed by atoms with Crippen molar-refractivity contribution in [2.45, 2.75) is 6.54 Å². The van der Waals surface area contributed by atoms with Gasteiger partial charge in [0.05, 0.1) is 5.52 Å². The Morgan fingerprint density at radius 1 is 0.778 bits per heavy atom. The van der Waals surface area contributed by atoms with Crippen molar-refractivity contribution in [3.8, 4) is 0 Å². The summed E-state index contributed by atoms with van der Waals surface area (Å²) in [4.78, 5) is 7.16. The first-order valence-electron chi connectivity index (χ1n) is 10.0. The zero-order valence-corrected chi connectivity index (χ0v) is 15.9. The molecule has 2 heterocycles. The van der Waals surface area contributed by atoms with E-state index in [1.54, 1.807) is 0 Å². The van der Waals surface area contributed by atoms with E-state index in [4.69, 9.17) is 0 Å². The van der Waals surface area contributed by atoms with Gasteiger partial charge in [-0.1, -0.05) is 30.3 Å². The molecule has 5 heteroatoms. The molecule has 4 rings (SSSR count). The molecular formula is C22H29N5. The summed E-state index contributed by atoms with van der Waals surface area (Å²) in [5.41, 5.74) is 2.43. The first kappa shape index (κ1) is 18.3. The Morgan fingerprint density at radius 3 is 2.26 bits per heavy atom. The molecule has 0 unspecified atom stereocenters. The van der Waals surface area contributed by atoms with Gasteiger partial charge in [-0.25, -0.2) is 0 Å². The third kappa shape index (κ3) is 4.82. The van der Waals surface area contributed by atoms with Gasteiger partial charge in [0.1, 0.15) is 0 Å². The minimum Gasteiger partial charge on any atom is -0.314 e. The zero-order chi connectivity index (χ0) is 18.3. The van der Waals surface area contributed by atoms with Crippen LogP contribution in [0.1, 0.15) is 5.56 Å². The maximum absolute atomic E-state index is 4.63. The molecule has 0 atom stereocenters. The summed E-state index contributed by atoms with van der Waals surface area (Å²) in [5, 5.41) is 14.3. The van der Waals surface area contributed by atoms with Crippen LogP contribution in [0.15, 0.2) is 48.7 Å². The summed E-state index contributed by atoms with van der Waals surface area (Å²) in [6, 6.07) is 15.2. The lowest BCUT2D eigenvalue weighted by atomic mass is 10.0. The highest BCUT2D eigenvalue weighted by molar-refractivity contribution is 6.05. The summed E-state index contributed by atoms with van der Waals surface area (Å²) in [7, 11) is 0. The van der Waals surface area contributed by atoms with Crippen LogP contribution in [0, 0.1) is 0 Å². The van der Waals surface area contributed by atoms with Crippen LogP contribution in [-0.2, 0) is 6.54 Å². The summed E-state index contributed by atoms with van der Waals surface area (Å²) >= 11 is 0. The average molecular weight is 364 g/mol. The van der Waals surface area contributed by atoms with Gasteiger partial charge in [0, 0.05) is 75.9 Å². The Hall–Kier alpha value is -2.05. The predicted octanol–water partition coefficient (Wildman–Crippen LogP) is 1.97. The van der Waals surface area contributed by atoms with Crippen molar-refractivity contribution >= 4 is 21.7 Å². The second kappa shape index (κ2) is 9.24. The molecule has 2 aromatic carbocycles. The molecule has 1 fully saturated rings. The Kier molecular flexibility index (Phi) is 6.27. The van der Waals surface area contributed by atoms with Gasteiger partial charge in [-0.05, 0) is 23.1 Å². The van der Waals surface area contributed by atoms with Crippen molar-refractivity contribution in [2.24, 2.45) is 0 Å². The van der Waals surface area contributed by atoms with Crippen molar-refractivity contribution < 1.29 is 0 Å². The van der Waals surface area contributed by atoms with Gasteiger partial charge < -0.3 is 16.0 Å². The Morgan fingerprint density at radius 2 is 1.48 bits per heavy atom. The minimum atomic E-state index is 0.973. The van der Waals surface area contributed by atoms with Crippen LogP contribution in [0.2, 0.25) is 0 Å². The average Bonchev–Trinajstić information content (AvgIpc) is 2.70. The molecule has 1 aliphatic heterocycles. The molecule has 1 aromatic heterocycles. The highest BCUT2D eigenvalue weighted by Gasteiger charge is 2.09. The molecule has 0 spiro atoms. The number of pyridine rings is 1. The molecular weight excluding hydrogens is 334 g/mol. The lowest BCUT2D eigenvalue weighted by Gasteiger charge is -2.24. The van der Waals surface area contributed by atoms with Crippen molar-refractivity contribution in [1.29, 1.82) is 0 Å². The molecule has 0 radical (unpaired) electrons. The molecule has 1 saturated heterocycles. The molecule has 0 saturated carbocycles. The fraction of sp³-hybridized carbons (Fsp3) is 0.409. The van der Waals surface area contributed by atoms with Crippen molar-refractivity contribution in [1.82, 2.24) is 25.8 Å². The van der Waals surface area contributed by atoms with E-state index in [-0.39, 0.29) is 0 Å². The van der Waals surface area contributed by atoms with Crippen molar-refractivity contribution in [2.75, 3.05) is 52.4 Å². The van der Waals surface area contributed by atoms with E-state index < -0.39 is 0 Å². The van der Waals surface area contributed by atoms with Gasteiger partial charge in [0.15, 0.2) is 0 Å². The van der Waals surface area contributed by atoms with Crippen LogP contribution in [0.25, 0.3) is 21.7 Å². The fourth-order valence-electron chi connectivity index (χ4n) is 3.73. The predicted molar refractivity (Wildman–Crippen MR) is 113 cm³/mol. The van der Waals surface area contributed by atoms with E-state index in [1.807, 2.05) is 6.20 Å². The van der Waals surface area contributed by atoms with Gasteiger partial charge in [0.25, 0.3) is 0 Å². The second-order valence-corrected chi connectivity index (χ2v) is 7.22. The number of fused-ring (bicyclic) bond motifs is 3. The SMILES string of the molecule is c1ccc2c(c1)cnc1ccc(CN3CCNCCNCCNCC3)cc12. The fourth-order valence-corrected chi connectivity index (χ4v) is 3.73. The standard InChI is InChI=1S/C22H29N5/c1-2-4-20-19(3-1)16-26-22-6-5-18(15-21(20)22)17-27-13-11-24-9-7-23-8-10-25-12-14-27/h1-6,15-16,23-25H,7-14,17H2. The first-order valence-corrected chi connectivity index (χ1v) is 10.0. The van der Waals surface area contributed by atoms with E-state index in [9.17, 15) is 0 Å². The number of hydrogen-bond donors (Lipinski definition) is 3. The smallest absolute Gasteiger partial charge is 0.0708 e. The third-order valence-electron chi connectivity index (χ3n) is 5.23. The number of benzene rings is 2. The first-order chi connectivity index (χ1) is 13.4. The number of rotatable bonds is 2. The molecule has 27 heavy (non-hydrogen) atoms. The lowest BCUT2D eigenvalue weighted by molar-refractivity contribution is 0.263. The normalized spacial score (nSPS) is 18.2. The topological polar surface area (TPSA) is 52.2 Å². The highest BCUT2D eigenvalue weighted by atomic mass is 15.2. The van der Waals surface area contributed by atoms with E-state index in [0.717, 1.165) is 64.4 Å². The monoisotopic (exact) mass is 363 g/mol. The van der Waals surface area contributed by atoms with Gasteiger partial charge in [-0.2, -0.15) is 0 Å².